The second-order valence-corrected chi connectivity index (χ2v) is 10.4. The maximum atomic E-state index is 12.7. The highest BCUT2D eigenvalue weighted by Crippen LogP contribution is 2.66. The van der Waals surface area contributed by atoms with Crippen molar-refractivity contribution in [2.75, 3.05) is 19.8 Å². The van der Waals surface area contributed by atoms with Gasteiger partial charge in [0.1, 0.15) is 12.4 Å². The molecule has 7 atom stereocenters. The lowest BCUT2D eigenvalue weighted by Gasteiger charge is -2.62. The molecule has 0 aromatic carbocycles. The Morgan fingerprint density at radius 1 is 1.17 bits per heavy atom. The fraction of sp³-hybridized carbons (Fsp3) is 0.913. The molecule has 4 aliphatic rings. The lowest BCUT2D eigenvalue weighted by Crippen LogP contribution is -2.56. The Labute approximate surface area is 181 Å². The standard InChI is InChI=1S/C23H38N2O3.ClH/c1-22-8-5-16(25-28-12-10-24)14-20(22)15(7-11-26)13-17-18-3-4-21(27)23(18,2)9-6-19(17)22;/h15,17-20,26H,3-14,24H2,1-2H3;1H/t15-,17-,18-,19-,20?,22+,23-;/m0./s1. The van der Waals surface area contributed by atoms with Crippen molar-refractivity contribution in [3.63, 3.8) is 0 Å². The molecule has 5 nitrogen and oxygen atoms in total. The van der Waals surface area contributed by atoms with E-state index in [1.807, 2.05) is 0 Å². The van der Waals surface area contributed by atoms with Gasteiger partial charge in [-0.2, -0.15) is 0 Å². The molecule has 0 aliphatic heterocycles. The molecular formula is C23H39ClN2O3. The normalized spacial score (nSPS) is 45.2. The number of carbonyl (C=O) groups is 1. The Bertz CT molecular complexity index is 642. The van der Waals surface area contributed by atoms with Gasteiger partial charge in [0.25, 0.3) is 0 Å². The van der Waals surface area contributed by atoms with Crippen LogP contribution in [0.5, 0.6) is 0 Å². The quantitative estimate of drug-likeness (QED) is 0.514. The molecule has 0 aromatic rings. The SMILES string of the molecule is C[C@]12CCC(=NOCCN)CC1[C@@H](CCO)C[C@@H]1[C@@H]2CC[C@]2(C)C(=O)CC[C@@H]12.Cl. The van der Waals surface area contributed by atoms with Crippen LogP contribution in [0, 0.1) is 40.4 Å². The summed E-state index contributed by atoms with van der Waals surface area (Å²) in [4.78, 5) is 18.1. The third kappa shape index (κ3) is 3.76. The summed E-state index contributed by atoms with van der Waals surface area (Å²) < 4.78 is 0. The molecular weight excluding hydrogens is 388 g/mol. The van der Waals surface area contributed by atoms with Gasteiger partial charge in [0, 0.05) is 25.0 Å². The van der Waals surface area contributed by atoms with Crippen LogP contribution in [0.4, 0.5) is 0 Å². The van der Waals surface area contributed by atoms with Gasteiger partial charge in [-0.1, -0.05) is 19.0 Å². The van der Waals surface area contributed by atoms with Gasteiger partial charge in [-0.05, 0) is 86.4 Å². The Morgan fingerprint density at radius 3 is 2.69 bits per heavy atom. The van der Waals surface area contributed by atoms with Crippen LogP contribution in [0.25, 0.3) is 0 Å². The van der Waals surface area contributed by atoms with Gasteiger partial charge >= 0.3 is 0 Å². The maximum absolute atomic E-state index is 12.7. The van der Waals surface area contributed by atoms with Crippen molar-refractivity contribution in [1.29, 1.82) is 0 Å². The highest BCUT2D eigenvalue weighted by molar-refractivity contribution is 5.87. The van der Waals surface area contributed by atoms with Crippen LogP contribution >= 0.6 is 12.4 Å². The summed E-state index contributed by atoms with van der Waals surface area (Å²) >= 11 is 0. The molecule has 3 N–H and O–H groups in total. The Hall–Kier alpha value is -0.650. The molecule has 0 heterocycles. The summed E-state index contributed by atoms with van der Waals surface area (Å²) in [5.74, 6) is 3.52. The average Bonchev–Trinajstić information content (AvgIpc) is 2.98. The third-order valence-electron chi connectivity index (χ3n) is 9.29. The van der Waals surface area contributed by atoms with E-state index >= 15 is 0 Å². The molecule has 0 spiro atoms. The molecule has 0 bridgehead atoms. The minimum atomic E-state index is -0.0779. The number of aliphatic hydroxyl groups excluding tert-OH is 1. The lowest BCUT2D eigenvalue weighted by atomic mass is 9.43. The van der Waals surface area contributed by atoms with E-state index in [9.17, 15) is 9.90 Å². The lowest BCUT2D eigenvalue weighted by molar-refractivity contribution is -0.143. The predicted octanol–water partition coefficient (Wildman–Crippen LogP) is 3.96. The second kappa shape index (κ2) is 8.84. The Morgan fingerprint density at radius 2 is 1.97 bits per heavy atom. The number of hydrogen-bond donors (Lipinski definition) is 2. The average molecular weight is 427 g/mol. The summed E-state index contributed by atoms with van der Waals surface area (Å²) in [5.41, 5.74) is 6.91. The number of hydrogen-bond acceptors (Lipinski definition) is 5. The van der Waals surface area contributed by atoms with E-state index < -0.39 is 0 Å². The molecule has 29 heavy (non-hydrogen) atoms. The smallest absolute Gasteiger partial charge is 0.139 e. The number of nitrogens with two attached hydrogens (primary N) is 1. The first-order valence-electron chi connectivity index (χ1n) is 11.5. The molecule has 4 rings (SSSR count). The summed E-state index contributed by atoms with van der Waals surface area (Å²) in [6, 6.07) is 0. The predicted molar refractivity (Wildman–Crippen MR) is 117 cm³/mol. The summed E-state index contributed by atoms with van der Waals surface area (Å²) in [5, 5.41) is 14.2. The van der Waals surface area contributed by atoms with Crippen LogP contribution < -0.4 is 5.73 Å². The van der Waals surface area contributed by atoms with Crippen LogP contribution in [0.2, 0.25) is 0 Å². The van der Waals surface area contributed by atoms with Crippen LogP contribution in [0.3, 0.4) is 0 Å². The van der Waals surface area contributed by atoms with E-state index in [0.29, 0.717) is 53.9 Å². The zero-order valence-electron chi connectivity index (χ0n) is 18.1. The molecule has 6 heteroatoms. The minimum Gasteiger partial charge on any atom is -0.396 e. The number of fused-ring (bicyclic) bond motifs is 5. The van der Waals surface area contributed by atoms with Crippen molar-refractivity contribution in [3.05, 3.63) is 0 Å². The van der Waals surface area contributed by atoms with E-state index in [0.717, 1.165) is 44.9 Å². The number of nitrogens with zero attached hydrogens (tertiary/aromatic N) is 1. The van der Waals surface area contributed by atoms with Crippen molar-refractivity contribution < 1.29 is 14.7 Å². The largest absolute Gasteiger partial charge is 0.396 e. The van der Waals surface area contributed by atoms with Gasteiger partial charge in [0.05, 0.1) is 5.71 Å². The molecule has 1 unspecified atom stereocenters. The maximum Gasteiger partial charge on any atom is 0.139 e. The van der Waals surface area contributed by atoms with Gasteiger partial charge in [-0.15, -0.1) is 12.4 Å². The molecule has 4 fully saturated rings. The van der Waals surface area contributed by atoms with E-state index in [4.69, 9.17) is 10.6 Å². The zero-order valence-corrected chi connectivity index (χ0v) is 18.9. The molecule has 166 valence electrons. The van der Waals surface area contributed by atoms with Gasteiger partial charge in [-0.3, -0.25) is 4.79 Å². The highest BCUT2D eigenvalue weighted by Gasteiger charge is 2.61. The first-order valence-corrected chi connectivity index (χ1v) is 11.5. The van der Waals surface area contributed by atoms with Crippen LogP contribution in [-0.4, -0.2) is 36.4 Å². The molecule has 0 saturated heterocycles. The second-order valence-electron chi connectivity index (χ2n) is 10.4. The molecule has 4 aliphatic carbocycles. The molecule has 0 aromatic heterocycles. The van der Waals surface area contributed by atoms with E-state index in [1.54, 1.807) is 0 Å². The molecule has 0 radical (unpaired) electrons. The van der Waals surface area contributed by atoms with Crippen molar-refractivity contribution in [2.45, 2.75) is 71.6 Å². The topological polar surface area (TPSA) is 84.9 Å². The van der Waals surface area contributed by atoms with Crippen LogP contribution in [0.15, 0.2) is 5.16 Å². The molecule has 0 amide bonds. The summed E-state index contributed by atoms with van der Waals surface area (Å²) in [7, 11) is 0. The van der Waals surface area contributed by atoms with Crippen molar-refractivity contribution in [2.24, 2.45) is 51.3 Å². The number of Topliss-reactive ketones (excluding diaryl/α,β-unsaturated/α-hetero) is 1. The van der Waals surface area contributed by atoms with E-state index in [-0.39, 0.29) is 24.4 Å². The van der Waals surface area contributed by atoms with E-state index in [1.165, 1.54) is 18.6 Å². The fourth-order valence-corrected chi connectivity index (χ4v) is 7.83. The van der Waals surface area contributed by atoms with Gasteiger partial charge in [0.15, 0.2) is 0 Å². The van der Waals surface area contributed by atoms with Crippen molar-refractivity contribution >= 4 is 23.9 Å². The Balaban J connectivity index is 0.00000240. The summed E-state index contributed by atoms with van der Waals surface area (Å²) in [6.07, 6.45) is 9.34. The number of oxime groups is 1. The number of carbonyl (C=O) groups excluding carboxylic acids is 1. The van der Waals surface area contributed by atoms with E-state index in [2.05, 4.69) is 19.0 Å². The first kappa shape index (κ1) is 23.0. The first-order chi connectivity index (χ1) is 13.4. The van der Waals surface area contributed by atoms with Gasteiger partial charge in [-0.25, -0.2) is 0 Å². The van der Waals surface area contributed by atoms with Crippen LogP contribution in [0.1, 0.15) is 71.6 Å². The molecule has 4 saturated carbocycles. The summed E-state index contributed by atoms with van der Waals surface area (Å²) in [6.45, 7) is 5.98. The monoisotopic (exact) mass is 426 g/mol. The number of rotatable bonds is 5. The number of halogens is 1. The fourth-order valence-electron chi connectivity index (χ4n) is 7.83. The van der Waals surface area contributed by atoms with Crippen molar-refractivity contribution in [1.82, 2.24) is 0 Å². The number of aliphatic hydroxyl groups is 1. The van der Waals surface area contributed by atoms with Crippen molar-refractivity contribution in [3.8, 4) is 0 Å². The highest BCUT2D eigenvalue weighted by atomic mass is 35.5. The minimum absolute atomic E-state index is 0. The Kier molecular flexibility index (Phi) is 7.02. The third-order valence-corrected chi connectivity index (χ3v) is 9.29. The number of ketones is 1. The van der Waals surface area contributed by atoms with Gasteiger partial charge in [0.2, 0.25) is 0 Å². The zero-order chi connectivity index (χ0) is 19.9. The van der Waals surface area contributed by atoms with Crippen LogP contribution in [-0.2, 0) is 9.63 Å². The van der Waals surface area contributed by atoms with Gasteiger partial charge < -0.3 is 15.7 Å².